The quantitative estimate of drug-likeness (QED) is 0.793. The van der Waals surface area contributed by atoms with Crippen molar-refractivity contribution in [2.45, 2.75) is 0 Å². The highest BCUT2D eigenvalue weighted by Gasteiger charge is 2.12. The van der Waals surface area contributed by atoms with Gasteiger partial charge in [-0.2, -0.15) is 0 Å². The monoisotopic (exact) mass is 271 g/mol. The van der Waals surface area contributed by atoms with E-state index in [0.29, 0.717) is 0 Å². The summed E-state index contributed by atoms with van der Waals surface area (Å²) in [5.41, 5.74) is 2.28. The molecular weight excluding hydrogens is 258 g/mol. The number of anilines is 1. The average molecular weight is 271 g/mol. The van der Waals surface area contributed by atoms with Gasteiger partial charge in [0.05, 0.1) is 12.5 Å². The first kappa shape index (κ1) is 11.9. The SMILES string of the molecule is CNc1ncnc2scc(-c3ccc(OC)cc3)c12. The Morgan fingerprint density at radius 3 is 2.63 bits per heavy atom. The molecule has 19 heavy (non-hydrogen) atoms. The minimum Gasteiger partial charge on any atom is -0.497 e. The maximum Gasteiger partial charge on any atom is 0.138 e. The summed E-state index contributed by atoms with van der Waals surface area (Å²) in [6.45, 7) is 0. The van der Waals surface area contributed by atoms with E-state index >= 15 is 0 Å². The Labute approximate surface area is 115 Å². The molecule has 96 valence electrons. The fourth-order valence-electron chi connectivity index (χ4n) is 2.05. The van der Waals surface area contributed by atoms with Gasteiger partial charge in [0.15, 0.2) is 0 Å². The molecule has 0 atom stereocenters. The zero-order valence-electron chi connectivity index (χ0n) is 10.7. The molecule has 0 spiro atoms. The Morgan fingerprint density at radius 2 is 1.95 bits per heavy atom. The van der Waals surface area contributed by atoms with Gasteiger partial charge in [0, 0.05) is 18.0 Å². The van der Waals surface area contributed by atoms with Crippen LogP contribution >= 0.6 is 11.3 Å². The van der Waals surface area contributed by atoms with Crippen LogP contribution in [-0.2, 0) is 0 Å². The van der Waals surface area contributed by atoms with E-state index in [0.717, 1.165) is 32.9 Å². The van der Waals surface area contributed by atoms with Crippen molar-refractivity contribution in [3.8, 4) is 16.9 Å². The minimum atomic E-state index is 0.855. The molecule has 1 N–H and O–H groups in total. The molecular formula is C14H13N3OS. The first-order valence-electron chi connectivity index (χ1n) is 5.88. The molecule has 1 aromatic carbocycles. The molecule has 0 saturated heterocycles. The van der Waals surface area contributed by atoms with Crippen molar-refractivity contribution in [1.29, 1.82) is 0 Å². The highest BCUT2D eigenvalue weighted by Crippen LogP contribution is 2.36. The normalized spacial score (nSPS) is 10.6. The number of nitrogens with one attached hydrogen (secondary N) is 1. The van der Waals surface area contributed by atoms with Crippen molar-refractivity contribution < 1.29 is 4.74 Å². The molecule has 2 heterocycles. The molecule has 0 aliphatic heterocycles. The van der Waals surface area contributed by atoms with E-state index in [1.54, 1.807) is 24.8 Å². The third-order valence-corrected chi connectivity index (χ3v) is 3.89. The van der Waals surface area contributed by atoms with Crippen LogP contribution in [0.1, 0.15) is 0 Å². The van der Waals surface area contributed by atoms with Gasteiger partial charge in [-0.25, -0.2) is 9.97 Å². The van der Waals surface area contributed by atoms with E-state index in [-0.39, 0.29) is 0 Å². The summed E-state index contributed by atoms with van der Waals surface area (Å²) in [4.78, 5) is 9.58. The van der Waals surface area contributed by atoms with Gasteiger partial charge in [-0.05, 0) is 17.7 Å². The van der Waals surface area contributed by atoms with E-state index in [2.05, 4.69) is 20.7 Å². The fraction of sp³-hybridized carbons (Fsp3) is 0.143. The van der Waals surface area contributed by atoms with Crippen LogP contribution < -0.4 is 10.1 Å². The average Bonchev–Trinajstić information content (AvgIpc) is 2.91. The minimum absolute atomic E-state index is 0.855. The van der Waals surface area contributed by atoms with Crippen LogP contribution in [0.25, 0.3) is 21.3 Å². The molecule has 0 saturated carbocycles. The molecule has 5 heteroatoms. The largest absolute Gasteiger partial charge is 0.497 e. The maximum absolute atomic E-state index is 5.18. The molecule has 0 radical (unpaired) electrons. The van der Waals surface area contributed by atoms with Crippen LogP contribution in [-0.4, -0.2) is 24.1 Å². The van der Waals surface area contributed by atoms with E-state index in [1.807, 2.05) is 31.3 Å². The van der Waals surface area contributed by atoms with E-state index in [4.69, 9.17) is 4.74 Å². The van der Waals surface area contributed by atoms with Crippen LogP contribution in [0.2, 0.25) is 0 Å². The standard InChI is InChI=1S/C14H13N3OS/c1-15-13-12-11(7-19-14(12)17-8-16-13)9-3-5-10(18-2)6-4-9/h3-8H,1-2H3,(H,15,16,17). The van der Waals surface area contributed by atoms with Gasteiger partial charge < -0.3 is 10.1 Å². The summed E-state index contributed by atoms with van der Waals surface area (Å²) >= 11 is 1.63. The van der Waals surface area contributed by atoms with Crippen molar-refractivity contribution >= 4 is 27.4 Å². The van der Waals surface area contributed by atoms with Crippen molar-refractivity contribution in [3.63, 3.8) is 0 Å². The number of thiophene rings is 1. The Kier molecular flexibility index (Phi) is 3.05. The van der Waals surface area contributed by atoms with Crippen LogP contribution in [0.5, 0.6) is 5.75 Å². The number of methoxy groups -OCH3 is 1. The molecule has 0 fully saturated rings. The van der Waals surface area contributed by atoms with Gasteiger partial charge in [-0.3, -0.25) is 0 Å². The Hall–Kier alpha value is -2.14. The number of aromatic nitrogens is 2. The van der Waals surface area contributed by atoms with Gasteiger partial charge in [-0.1, -0.05) is 12.1 Å². The number of hydrogen-bond acceptors (Lipinski definition) is 5. The summed E-state index contributed by atoms with van der Waals surface area (Å²) in [7, 11) is 3.54. The molecule has 0 aliphatic rings. The zero-order chi connectivity index (χ0) is 13.2. The topological polar surface area (TPSA) is 47.0 Å². The van der Waals surface area contributed by atoms with E-state index in [1.165, 1.54) is 0 Å². The Balaban J connectivity index is 2.18. The first-order valence-corrected chi connectivity index (χ1v) is 6.76. The second kappa shape index (κ2) is 4.85. The Morgan fingerprint density at radius 1 is 1.16 bits per heavy atom. The lowest BCUT2D eigenvalue weighted by Gasteiger charge is -2.05. The summed E-state index contributed by atoms with van der Waals surface area (Å²) in [6.07, 6.45) is 1.59. The summed E-state index contributed by atoms with van der Waals surface area (Å²) in [5, 5.41) is 6.30. The molecule has 2 aromatic heterocycles. The molecule has 0 bridgehead atoms. The van der Waals surface area contributed by atoms with Gasteiger partial charge in [-0.15, -0.1) is 11.3 Å². The van der Waals surface area contributed by atoms with Crippen molar-refractivity contribution in [1.82, 2.24) is 9.97 Å². The second-order valence-electron chi connectivity index (χ2n) is 4.03. The highest BCUT2D eigenvalue weighted by molar-refractivity contribution is 7.17. The maximum atomic E-state index is 5.18. The smallest absolute Gasteiger partial charge is 0.138 e. The highest BCUT2D eigenvalue weighted by atomic mass is 32.1. The number of fused-ring (bicyclic) bond motifs is 1. The third kappa shape index (κ3) is 2.02. The van der Waals surface area contributed by atoms with Gasteiger partial charge in [0.25, 0.3) is 0 Å². The lowest BCUT2D eigenvalue weighted by Crippen LogP contribution is -1.93. The summed E-state index contributed by atoms with van der Waals surface area (Å²) in [6, 6.07) is 8.02. The van der Waals surface area contributed by atoms with Crippen LogP contribution in [0.15, 0.2) is 36.0 Å². The molecule has 3 aromatic rings. The fourth-order valence-corrected chi connectivity index (χ4v) is 2.96. The van der Waals surface area contributed by atoms with Crippen LogP contribution in [0, 0.1) is 0 Å². The number of benzene rings is 1. The lowest BCUT2D eigenvalue weighted by molar-refractivity contribution is 0.415. The van der Waals surface area contributed by atoms with E-state index in [9.17, 15) is 0 Å². The van der Waals surface area contributed by atoms with Gasteiger partial charge >= 0.3 is 0 Å². The second-order valence-corrected chi connectivity index (χ2v) is 4.89. The van der Waals surface area contributed by atoms with Crippen molar-refractivity contribution in [2.75, 3.05) is 19.5 Å². The third-order valence-electron chi connectivity index (χ3n) is 3.01. The van der Waals surface area contributed by atoms with E-state index < -0.39 is 0 Å². The van der Waals surface area contributed by atoms with Crippen LogP contribution in [0.4, 0.5) is 5.82 Å². The van der Waals surface area contributed by atoms with Gasteiger partial charge in [0.1, 0.15) is 22.7 Å². The predicted octanol–water partition coefficient (Wildman–Crippen LogP) is 3.41. The number of hydrogen-bond donors (Lipinski definition) is 1. The Bertz CT molecular complexity index is 706. The molecule has 4 nitrogen and oxygen atoms in total. The van der Waals surface area contributed by atoms with Crippen molar-refractivity contribution in [3.05, 3.63) is 36.0 Å². The molecule has 0 unspecified atom stereocenters. The molecule has 0 aliphatic carbocycles. The lowest BCUT2D eigenvalue weighted by atomic mass is 10.1. The summed E-state index contributed by atoms with van der Waals surface area (Å²) < 4.78 is 5.18. The number of ether oxygens (including phenoxy) is 1. The molecule has 3 rings (SSSR count). The van der Waals surface area contributed by atoms with Gasteiger partial charge in [0.2, 0.25) is 0 Å². The number of rotatable bonds is 3. The predicted molar refractivity (Wildman–Crippen MR) is 78.9 cm³/mol. The number of nitrogens with zero attached hydrogens (tertiary/aromatic N) is 2. The molecule has 0 amide bonds. The van der Waals surface area contributed by atoms with Crippen molar-refractivity contribution in [2.24, 2.45) is 0 Å². The zero-order valence-corrected chi connectivity index (χ0v) is 11.5. The summed E-state index contributed by atoms with van der Waals surface area (Å²) in [5.74, 6) is 1.71. The van der Waals surface area contributed by atoms with Crippen LogP contribution in [0.3, 0.4) is 0 Å². The first-order chi connectivity index (χ1) is 9.33.